The van der Waals surface area contributed by atoms with Crippen LogP contribution in [0.2, 0.25) is 15.1 Å². The van der Waals surface area contributed by atoms with E-state index >= 15 is 0 Å². The van der Waals surface area contributed by atoms with Crippen LogP contribution in [-0.4, -0.2) is 21.2 Å². The zero-order valence-corrected chi connectivity index (χ0v) is 21.4. The third kappa shape index (κ3) is 5.13. The minimum atomic E-state index is -0.472. The monoisotopic (exact) mass is 575 g/mol. The smallest absolute Gasteiger partial charge is 0.239 e. The first-order valence-corrected chi connectivity index (χ1v) is 11.6. The van der Waals surface area contributed by atoms with Crippen LogP contribution in [0.3, 0.4) is 0 Å². The van der Waals surface area contributed by atoms with Crippen LogP contribution in [0.5, 0.6) is 0 Å². The predicted molar refractivity (Wildman–Crippen MR) is 133 cm³/mol. The van der Waals surface area contributed by atoms with Gasteiger partial charge in [0.1, 0.15) is 3.92 Å². The fourth-order valence-corrected chi connectivity index (χ4v) is 4.45. The Bertz CT molecular complexity index is 1090. The average Bonchev–Trinajstić information content (AvgIpc) is 2.97. The van der Waals surface area contributed by atoms with Gasteiger partial charge < -0.3 is 5.32 Å². The van der Waals surface area contributed by atoms with Crippen molar-refractivity contribution >= 4 is 63.3 Å². The van der Waals surface area contributed by atoms with Crippen LogP contribution in [0.25, 0.3) is 16.9 Å². The van der Waals surface area contributed by atoms with Gasteiger partial charge in [-0.3, -0.25) is 4.79 Å². The van der Waals surface area contributed by atoms with Crippen molar-refractivity contribution in [2.24, 2.45) is 0 Å². The van der Waals surface area contributed by atoms with Gasteiger partial charge in [-0.05, 0) is 58.0 Å². The van der Waals surface area contributed by atoms with Gasteiger partial charge in [0, 0.05) is 26.7 Å². The Morgan fingerprint density at radius 2 is 1.67 bits per heavy atom. The molecule has 0 spiro atoms. The average molecular weight is 577 g/mol. The zero-order valence-electron chi connectivity index (χ0n) is 16.9. The summed E-state index contributed by atoms with van der Waals surface area (Å²) in [7, 11) is 0. The van der Waals surface area contributed by atoms with E-state index in [-0.39, 0.29) is 11.4 Å². The van der Waals surface area contributed by atoms with E-state index in [0.29, 0.717) is 26.4 Å². The molecule has 30 heavy (non-hydrogen) atoms. The van der Waals surface area contributed by atoms with Gasteiger partial charge in [-0.15, -0.1) is 0 Å². The van der Waals surface area contributed by atoms with Crippen molar-refractivity contribution in [3.63, 3.8) is 0 Å². The molecule has 0 fully saturated rings. The maximum atomic E-state index is 12.8. The molecule has 3 rings (SSSR count). The van der Waals surface area contributed by atoms with Gasteiger partial charge in [-0.2, -0.15) is 5.10 Å². The van der Waals surface area contributed by atoms with Gasteiger partial charge in [0.2, 0.25) is 5.91 Å². The lowest BCUT2D eigenvalue weighted by molar-refractivity contribution is -0.121. The van der Waals surface area contributed by atoms with E-state index in [2.05, 4.69) is 27.9 Å². The highest BCUT2D eigenvalue weighted by Crippen LogP contribution is 2.37. The number of halogens is 4. The number of nitrogens with one attached hydrogen (secondary N) is 1. The number of carbonyl (C=O) groups excluding carboxylic acids is 1. The van der Waals surface area contributed by atoms with Crippen molar-refractivity contribution in [2.45, 2.75) is 37.2 Å². The first kappa shape index (κ1) is 23.4. The molecule has 0 radical (unpaired) electrons. The van der Waals surface area contributed by atoms with E-state index in [1.165, 1.54) is 0 Å². The number of carbonyl (C=O) groups is 1. The number of alkyl halides is 1. The Labute approximate surface area is 205 Å². The molecular formula is C22H21Cl3IN3O. The van der Waals surface area contributed by atoms with Crippen LogP contribution in [0.15, 0.2) is 42.5 Å². The lowest BCUT2D eigenvalue weighted by Crippen LogP contribution is -2.42. The largest absolute Gasteiger partial charge is 0.350 e. The summed E-state index contributed by atoms with van der Waals surface area (Å²) in [6.45, 7) is 7.81. The Balaban J connectivity index is 2.19. The summed E-state index contributed by atoms with van der Waals surface area (Å²) in [5.74, 6) is -0.0966. The molecule has 1 aromatic heterocycles. The fourth-order valence-electron chi connectivity index (χ4n) is 3.08. The molecule has 0 bridgehead atoms. The Kier molecular flexibility index (Phi) is 7.07. The van der Waals surface area contributed by atoms with E-state index in [1.807, 2.05) is 58.0 Å². The molecule has 0 aliphatic heterocycles. The summed E-state index contributed by atoms with van der Waals surface area (Å²) in [4.78, 5) is 12.8. The molecule has 1 unspecified atom stereocenters. The van der Waals surface area contributed by atoms with Crippen molar-refractivity contribution in [2.75, 3.05) is 0 Å². The highest BCUT2D eigenvalue weighted by Gasteiger charge is 2.29. The molecule has 0 saturated carbocycles. The molecule has 0 aliphatic rings. The number of hydrogen-bond acceptors (Lipinski definition) is 2. The van der Waals surface area contributed by atoms with Gasteiger partial charge in [0.15, 0.2) is 0 Å². The molecule has 4 nitrogen and oxygen atoms in total. The molecule has 1 amide bonds. The molecule has 8 heteroatoms. The predicted octanol–water partition coefficient (Wildman–Crippen LogP) is 7.20. The lowest BCUT2D eigenvalue weighted by atomic mass is 10.0. The van der Waals surface area contributed by atoms with Crippen molar-refractivity contribution in [1.29, 1.82) is 0 Å². The molecule has 0 aliphatic carbocycles. The van der Waals surface area contributed by atoms with Gasteiger partial charge in [0.05, 0.1) is 22.1 Å². The van der Waals surface area contributed by atoms with Crippen LogP contribution in [0.1, 0.15) is 36.0 Å². The van der Waals surface area contributed by atoms with Crippen LogP contribution in [0, 0.1) is 6.92 Å². The summed E-state index contributed by atoms with van der Waals surface area (Å²) in [5.41, 5.74) is 3.67. The Morgan fingerprint density at radius 1 is 1.07 bits per heavy atom. The van der Waals surface area contributed by atoms with Crippen LogP contribution in [0.4, 0.5) is 0 Å². The first-order chi connectivity index (χ1) is 14.0. The quantitative estimate of drug-likeness (QED) is 0.264. The van der Waals surface area contributed by atoms with E-state index < -0.39 is 3.92 Å². The van der Waals surface area contributed by atoms with Gasteiger partial charge in [-0.25, -0.2) is 4.68 Å². The van der Waals surface area contributed by atoms with Gasteiger partial charge in [0.25, 0.3) is 0 Å². The SMILES string of the molecule is Cc1c(C(I)C(=O)NC(C)(C)C)nn(-c2ccc(Cl)cc2Cl)c1-c1ccc(Cl)cc1. The second-order valence-corrected chi connectivity index (χ2v) is 10.5. The number of amides is 1. The summed E-state index contributed by atoms with van der Waals surface area (Å²) in [5, 5.41) is 9.48. The molecule has 2 aromatic carbocycles. The number of rotatable bonds is 4. The summed E-state index contributed by atoms with van der Waals surface area (Å²) < 4.78 is 1.29. The maximum absolute atomic E-state index is 12.8. The molecule has 158 valence electrons. The summed E-state index contributed by atoms with van der Waals surface area (Å²) in [6, 6.07) is 12.8. The highest BCUT2D eigenvalue weighted by molar-refractivity contribution is 14.1. The minimum absolute atomic E-state index is 0.0966. The van der Waals surface area contributed by atoms with Crippen molar-refractivity contribution in [3.8, 4) is 16.9 Å². The summed E-state index contributed by atoms with van der Waals surface area (Å²) in [6.07, 6.45) is 0. The second-order valence-electron chi connectivity index (χ2n) is 7.98. The van der Waals surface area contributed by atoms with E-state index in [9.17, 15) is 4.79 Å². The van der Waals surface area contributed by atoms with Crippen LogP contribution in [-0.2, 0) is 4.79 Å². The maximum Gasteiger partial charge on any atom is 0.239 e. The summed E-state index contributed by atoms with van der Waals surface area (Å²) >= 11 is 20.8. The standard InChI is InChI=1S/C22H21Cl3IN3O/c1-12-19(18(26)21(30)27-22(2,3)4)28-29(17-10-9-15(24)11-16(17)25)20(12)13-5-7-14(23)8-6-13/h5-11,18H,1-4H3,(H,27,30). The normalized spacial score (nSPS) is 12.7. The lowest BCUT2D eigenvalue weighted by Gasteiger charge is -2.22. The number of aromatic nitrogens is 2. The number of benzene rings is 2. The van der Waals surface area contributed by atoms with Crippen molar-refractivity contribution in [1.82, 2.24) is 15.1 Å². The van der Waals surface area contributed by atoms with E-state index in [4.69, 9.17) is 39.9 Å². The highest BCUT2D eigenvalue weighted by atomic mass is 127. The van der Waals surface area contributed by atoms with E-state index in [1.54, 1.807) is 16.8 Å². The number of hydrogen-bond donors (Lipinski definition) is 1. The zero-order chi connectivity index (χ0) is 22.2. The van der Waals surface area contributed by atoms with Crippen molar-refractivity contribution in [3.05, 3.63) is 68.8 Å². The minimum Gasteiger partial charge on any atom is -0.350 e. The van der Waals surface area contributed by atoms with Gasteiger partial charge >= 0.3 is 0 Å². The van der Waals surface area contributed by atoms with Crippen LogP contribution < -0.4 is 5.32 Å². The van der Waals surface area contributed by atoms with Crippen LogP contribution >= 0.6 is 57.4 Å². The second kappa shape index (κ2) is 9.07. The molecule has 3 aromatic rings. The van der Waals surface area contributed by atoms with Gasteiger partial charge in [-0.1, -0.05) is 69.5 Å². The van der Waals surface area contributed by atoms with E-state index in [0.717, 1.165) is 16.8 Å². The fraction of sp³-hybridized carbons (Fsp3) is 0.273. The Hall–Kier alpha value is -1.28. The molecule has 1 atom stereocenters. The third-order valence-electron chi connectivity index (χ3n) is 4.38. The Morgan fingerprint density at radius 3 is 2.23 bits per heavy atom. The topological polar surface area (TPSA) is 46.9 Å². The first-order valence-electron chi connectivity index (χ1n) is 9.25. The van der Waals surface area contributed by atoms with Crippen molar-refractivity contribution < 1.29 is 4.79 Å². The third-order valence-corrected chi connectivity index (χ3v) is 6.33. The molecular weight excluding hydrogens is 556 g/mol. The molecule has 0 saturated heterocycles. The molecule has 1 N–H and O–H groups in total. The number of nitrogens with zero attached hydrogens (tertiary/aromatic N) is 2. The molecule has 1 heterocycles.